The van der Waals surface area contributed by atoms with E-state index in [0.29, 0.717) is 35.9 Å². The molecule has 5 rings (SSSR count). The maximum Gasteiger partial charge on any atom is 0.328 e. The van der Waals surface area contributed by atoms with Gasteiger partial charge in [-0.25, -0.2) is 4.79 Å². The predicted octanol–water partition coefficient (Wildman–Crippen LogP) is 3.33. The molecule has 1 aromatic heterocycles. The van der Waals surface area contributed by atoms with E-state index in [0.717, 1.165) is 24.8 Å². The Morgan fingerprint density at radius 3 is 1.97 bits per heavy atom. The number of benzene rings is 2. The summed E-state index contributed by atoms with van der Waals surface area (Å²) in [6.07, 6.45) is 5.68. The smallest absolute Gasteiger partial charge is 0.328 e. The molecule has 4 amide bonds. The number of rotatable bonds is 6. The van der Waals surface area contributed by atoms with Crippen LogP contribution in [0, 0.1) is 5.92 Å². The molecule has 0 atom stereocenters. The van der Waals surface area contributed by atoms with E-state index in [1.54, 1.807) is 24.3 Å². The summed E-state index contributed by atoms with van der Waals surface area (Å²) in [6, 6.07) is 13.2. The fraction of sp³-hybridized carbons (Fsp3) is 0.292. The highest BCUT2D eigenvalue weighted by molar-refractivity contribution is 6.22. The quantitative estimate of drug-likeness (QED) is 0.479. The van der Waals surface area contributed by atoms with Crippen LogP contribution in [0.2, 0.25) is 0 Å². The molecule has 174 valence electrons. The van der Waals surface area contributed by atoms with E-state index in [1.807, 2.05) is 24.3 Å². The van der Waals surface area contributed by atoms with Crippen LogP contribution >= 0.6 is 0 Å². The number of amides is 4. The molecular weight excluding hydrogens is 438 g/mol. The van der Waals surface area contributed by atoms with Crippen LogP contribution in [-0.4, -0.2) is 38.6 Å². The van der Waals surface area contributed by atoms with Crippen LogP contribution in [0.5, 0.6) is 17.2 Å². The highest BCUT2D eigenvalue weighted by atomic mass is 16.5. The van der Waals surface area contributed by atoms with Crippen molar-refractivity contribution in [3.63, 3.8) is 0 Å². The zero-order valence-corrected chi connectivity index (χ0v) is 18.2. The molecule has 2 aromatic carbocycles. The lowest BCUT2D eigenvalue weighted by molar-refractivity contribution is -0.158. The van der Waals surface area contributed by atoms with Crippen molar-refractivity contribution in [3.8, 4) is 28.6 Å². The summed E-state index contributed by atoms with van der Waals surface area (Å²) >= 11 is 0. The SMILES string of the molecule is O=C1NC(=O)C(Oc2ccc(Oc3ccc(-c4nnc[nH]4)cc3)cc2)(C2CCCCC2)C(=O)N1. The van der Waals surface area contributed by atoms with Gasteiger partial charge in [0.2, 0.25) is 0 Å². The van der Waals surface area contributed by atoms with Gasteiger partial charge in [0.15, 0.2) is 5.82 Å². The second kappa shape index (κ2) is 8.97. The number of ether oxygens (including phenoxy) is 2. The summed E-state index contributed by atoms with van der Waals surface area (Å²) in [5, 5.41) is 12.2. The fourth-order valence-corrected chi connectivity index (χ4v) is 4.51. The molecule has 0 bridgehead atoms. The van der Waals surface area contributed by atoms with Gasteiger partial charge in [-0.3, -0.25) is 20.2 Å². The van der Waals surface area contributed by atoms with Crippen molar-refractivity contribution in [1.82, 2.24) is 25.8 Å². The van der Waals surface area contributed by atoms with Crippen LogP contribution in [0.4, 0.5) is 4.79 Å². The van der Waals surface area contributed by atoms with E-state index in [1.165, 1.54) is 6.33 Å². The zero-order valence-electron chi connectivity index (χ0n) is 18.2. The first-order valence-corrected chi connectivity index (χ1v) is 11.1. The van der Waals surface area contributed by atoms with Crippen molar-refractivity contribution in [2.45, 2.75) is 37.7 Å². The number of hydrogen-bond acceptors (Lipinski definition) is 7. The van der Waals surface area contributed by atoms with Gasteiger partial charge in [-0.05, 0) is 61.4 Å². The van der Waals surface area contributed by atoms with Crippen molar-refractivity contribution in [2.24, 2.45) is 5.92 Å². The maximum absolute atomic E-state index is 12.9. The maximum atomic E-state index is 12.9. The first kappa shape index (κ1) is 21.6. The molecule has 10 nitrogen and oxygen atoms in total. The minimum atomic E-state index is -1.78. The highest BCUT2D eigenvalue weighted by Gasteiger charge is 2.58. The summed E-state index contributed by atoms with van der Waals surface area (Å²) in [6.45, 7) is 0. The third-order valence-corrected chi connectivity index (χ3v) is 6.19. The van der Waals surface area contributed by atoms with Gasteiger partial charge in [-0.2, -0.15) is 0 Å². The van der Waals surface area contributed by atoms with Gasteiger partial charge in [0.25, 0.3) is 17.4 Å². The minimum Gasteiger partial charge on any atom is -0.467 e. The zero-order chi connectivity index (χ0) is 23.5. The second-order valence-electron chi connectivity index (χ2n) is 8.35. The highest BCUT2D eigenvalue weighted by Crippen LogP contribution is 2.38. The molecule has 34 heavy (non-hydrogen) atoms. The number of nitrogens with zero attached hydrogens (tertiary/aromatic N) is 2. The van der Waals surface area contributed by atoms with Gasteiger partial charge in [0.1, 0.15) is 23.6 Å². The Bertz CT molecular complexity index is 1170. The van der Waals surface area contributed by atoms with Gasteiger partial charge >= 0.3 is 6.03 Å². The Balaban J connectivity index is 1.33. The number of imide groups is 2. The number of urea groups is 1. The van der Waals surface area contributed by atoms with Crippen LogP contribution in [0.25, 0.3) is 11.4 Å². The Hall–Kier alpha value is -4.21. The Kier molecular flexibility index (Phi) is 5.70. The number of barbiturate groups is 1. The minimum absolute atomic E-state index is 0.326. The van der Waals surface area contributed by atoms with Gasteiger partial charge < -0.3 is 14.5 Å². The molecule has 2 fully saturated rings. The lowest BCUT2D eigenvalue weighted by atomic mass is 9.75. The van der Waals surface area contributed by atoms with E-state index in [2.05, 4.69) is 25.8 Å². The first-order valence-electron chi connectivity index (χ1n) is 11.1. The molecule has 1 saturated carbocycles. The molecule has 3 aromatic rings. The molecule has 0 spiro atoms. The number of carbonyl (C=O) groups is 3. The van der Waals surface area contributed by atoms with Crippen LogP contribution in [-0.2, 0) is 9.59 Å². The van der Waals surface area contributed by atoms with E-state index in [4.69, 9.17) is 9.47 Å². The number of H-pyrrole nitrogens is 1. The molecule has 0 radical (unpaired) electrons. The largest absolute Gasteiger partial charge is 0.467 e. The molecular formula is C24H23N5O5. The molecule has 10 heteroatoms. The Morgan fingerprint density at radius 2 is 1.38 bits per heavy atom. The van der Waals surface area contributed by atoms with Crippen molar-refractivity contribution >= 4 is 17.8 Å². The average Bonchev–Trinajstić information content (AvgIpc) is 3.39. The monoisotopic (exact) mass is 461 g/mol. The Morgan fingerprint density at radius 1 is 0.794 bits per heavy atom. The number of aromatic amines is 1. The van der Waals surface area contributed by atoms with Crippen LogP contribution in [0.15, 0.2) is 54.9 Å². The molecule has 0 unspecified atom stereocenters. The molecule has 2 heterocycles. The topological polar surface area (TPSA) is 135 Å². The Labute approximate surface area is 195 Å². The molecule has 3 N–H and O–H groups in total. The number of nitrogens with one attached hydrogen (secondary N) is 3. The third-order valence-electron chi connectivity index (χ3n) is 6.19. The lowest BCUT2D eigenvalue weighted by Crippen LogP contribution is -2.72. The van der Waals surface area contributed by atoms with Crippen LogP contribution in [0.3, 0.4) is 0 Å². The van der Waals surface area contributed by atoms with E-state index in [9.17, 15) is 14.4 Å². The summed E-state index contributed by atoms with van der Waals surface area (Å²) in [5.74, 6) is 0.406. The summed E-state index contributed by atoms with van der Waals surface area (Å²) < 4.78 is 12.0. The van der Waals surface area contributed by atoms with Crippen LogP contribution in [0.1, 0.15) is 32.1 Å². The van der Waals surface area contributed by atoms with Crippen molar-refractivity contribution in [3.05, 3.63) is 54.9 Å². The normalized spacial score (nSPS) is 18.2. The molecule has 1 aliphatic carbocycles. The standard InChI is InChI=1S/C24H23N5O5/c30-21-24(16-4-2-1-3-5-16,22(31)28-23(32)27-21)34-19-12-10-18(11-13-19)33-17-8-6-15(7-9-17)20-25-14-26-29-20/h6-14,16H,1-5H2,(H,25,26,29)(H2,27,28,30,31,32). The van der Waals surface area contributed by atoms with Gasteiger partial charge in [0.05, 0.1) is 0 Å². The predicted molar refractivity (Wildman–Crippen MR) is 120 cm³/mol. The van der Waals surface area contributed by atoms with Gasteiger partial charge in [0, 0.05) is 11.5 Å². The van der Waals surface area contributed by atoms with Crippen molar-refractivity contribution in [2.75, 3.05) is 0 Å². The first-order chi connectivity index (χ1) is 16.5. The molecule has 2 aliphatic rings. The van der Waals surface area contributed by atoms with E-state index >= 15 is 0 Å². The van der Waals surface area contributed by atoms with E-state index < -0.39 is 23.4 Å². The van der Waals surface area contributed by atoms with Crippen molar-refractivity contribution < 1.29 is 23.9 Å². The summed E-state index contributed by atoms with van der Waals surface area (Å²) in [4.78, 5) is 40.4. The van der Waals surface area contributed by atoms with Crippen molar-refractivity contribution in [1.29, 1.82) is 0 Å². The summed E-state index contributed by atoms with van der Waals surface area (Å²) in [5.41, 5.74) is -0.906. The second-order valence-corrected chi connectivity index (χ2v) is 8.35. The number of carbonyl (C=O) groups excluding carboxylic acids is 3. The fourth-order valence-electron chi connectivity index (χ4n) is 4.51. The van der Waals surface area contributed by atoms with Gasteiger partial charge in [-0.15, -0.1) is 10.2 Å². The lowest BCUT2D eigenvalue weighted by Gasteiger charge is -2.41. The average molecular weight is 461 g/mol. The third kappa shape index (κ3) is 4.09. The number of hydrogen-bond donors (Lipinski definition) is 3. The summed E-state index contributed by atoms with van der Waals surface area (Å²) in [7, 11) is 0. The molecule has 1 saturated heterocycles. The van der Waals surface area contributed by atoms with E-state index in [-0.39, 0.29) is 5.92 Å². The van der Waals surface area contributed by atoms with Gasteiger partial charge in [-0.1, -0.05) is 19.3 Å². The van der Waals surface area contributed by atoms with Crippen LogP contribution < -0.4 is 20.1 Å². The number of aromatic nitrogens is 3. The molecule has 1 aliphatic heterocycles.